The summed E-state index contributed by atoms with van der Waals surface area (Å²) in [6, 6.07) is 2.90. The van der Waals surface area contributed by atoms with Gasteiger partial charge in [-0.1, -0.05) is 6.92 Å². The fourth-order valence-electron chi connectivity index (χ4n) is 1.17. The highest BCUT2D eigenvalue weighted by molar-refractivity contribution is 7.15. The SMILES string of the molecule is CC(CNC(=O)c1ccc(C(=O)NN=C(N)N)s1)C(=O)O. The highest BCUT2D eigenvalue weighted by Crippen LogP contribution is 2.16. The number of aliphatic carboxylic acids is 1. The predicted molar refractivity (Wildman–Crippen MR) is 76.7 cm³/mol. The van der Waals surface area contributed by atoms with Crippen LogP contribution < -0.4 is 22.2 Å². The third kappa shape index (κ3) is 5.10. The maximum Gasteiger partial charge on any atom is 0.308 e. The second-order valence-corrected chi connectivity index (χ2v) is 5.17. The molecule has 1 rings (SSSR count). The fraction of sp³-hybridized carbons (Fsp3) is 0.273. The second kappa shape index (κ2) is 7.24. The summed E-state index contributed by atoms with van der Waals surface area (Å²) in [7, 11) is 0. The molecule has 1 unspecified atom stereocenters. The van der Waals surface area contributed by atoms with Gasteiger partial charge in [0.1, 0.15) is 0 Å². The molecule has 0 saturated heterocycles. The molecular weight excluding hydrogens is 298 g/mol. The van der Waals surface area contributed by atoms with Crippen LogP contribution in [0.2, 0.25) is 0 Å². The molecule has 7 N–H and O–H groups in total. The summed E-state index contributed by atoms with van der Waals surface area (Å²) in [5.74, 6) is -2.99. The van der Waals surface area contributed by atoms with Gasteiger partial charge in [0.15, 0.2) is 0 Å². The van der Waals surface area contributed by atoms with Crippen LogP contribution >= 0.6 is 11.3 Å². The Kier molecular flexibility index (Phi) is 5.67. The first-order valence-corrected chi connectivity index (χ1v) is 6.62. The molecule has 1 heterocycles. The fourth-order valence-corrected chi connectivity index (χ4v) is 1.98. The number of rotatable bonds is 6. The van der Waals surface area contributed by atoms with Gasteiger partial charge in [-0.3, -0.25) is 14.4 Å². The van der Waals surface area contributed by atoms with E-state index in [9.17, 15) is 14.4 Å². The molecule has 21 heavy (non-hydrogen) atoms. The second-order valence-electron chi connectivity index (χ2n) is 4.09. The van der Waals surface area contributed by atoms with Gasteiger partial charge < -0.3 is 21.9 Å². The zero-order valence-corrected chi connectivity index (χ0v) is 11.9. The molecule has 2 amide bonds. The summed E-state index contributed by atoms with van der Waals surface area (Å²) in [5.41, 5.74) is 12.3. The normalized spacial score (nSPS) is 11.3. The van der Waals surface area contributed by atoms with Crippen molar-refractivity contribution >= 4 is 35.1 Å². The van der Waals surface area contributed by atoms with Crippen LogP contribution in [0.1, 0.15) is 26.3 Å². The number of carbonyl (C=O) groups excluding carboxylic acids is 2. The van der Waals surface area contributed by atoms with E-state index in [0.717, 1.165) is 11.3 Å². The topological polar surface area (TPSA) is 160 Å². The van der Waals surface area contributed by atoms with Crippen LogP contribution in [0.15, 0.2) is 17.2 Å². The first-order chi connectivity index (χ1) is 9.81. The molecule has 0 bridgehead atoms. The van der Waals surface area contributed by atoms with E-state index in [2.05, 4.69) is 15.8 Å². The molecular formula is C11H15N5O4S. The average Bonchev–Trinajstić information content (AvgIpc) is 2.91. The number of hydrogen-bond acceptors (Lipinski definition) is 5. The Balaban J connectivity index is 2.62. The first-order valence-electron chi connectivity index (χ1n) is 5.81. The Morgan fingerprint density at radius 3 is 2.38 bits per heavy atom. The number of guanidine groups is 1. The smallest absolute Gasteiger partial charge is 0.308 e. The molecule has 9 nitrogen and oxygen atoms in total. The molecule has 114 valence electrons. The largest absolute Gasteiger partial charge is 0.481 e. The number of thiophene rings is 1. The Morgan fingerprint density at radius 2 is 1.86 bits per heavy atom. The van der Waals surface area contributed by atoms with Crippen molar-refractivity contribution in [3.63, 3.8) is 0 Å². The number of nitrogens with one attached hydrogen (secondary N) is 2. The molecule has 0 radical (unpaired) electrons. The third-order valence-corrected chi connectivity index (χ3v) is 3.41. The van der Waals surface area contributed by atoms with E-state index in [4.69, 9.17) is 16.6 Å². The highest BCUT2D eigenvalue weighted by Gasteiger charge is 2.16. The van der Waals surface area contributed by atoms with Crippen molar-refractivity contribution in [2.24, 2.45) is 22.5 Å². The Hall–Kier alpha value is -2.62. The monoisotopic (exact) mass is 313 g/mol. The van der Waals surface area contributed by atoms with Crippen LogP contribution in [0.4, 0.5) is 0 Å². The summed E-state index contributed by atoms with van der Waals surface area (Å²) in [6.07, 6.45) is 0. The van der Waals surface area contributed by atoms with E-state index in [1.165, 1.54) is 19.1 Å². The number of nitrogens with two attached hydrogens (primary N) is 2. The van der Waals surface area contributed by atoms with E-state index in [-0.39, 0.29) is 22.3 Å². The van der Waals surface area contributed by atoms with Crippen molar-refractivity contribution in [1.82, 2.24) is 10.7 Å². The lowest BCUT2D eigenvalue weighted by atomic mass is 10.2. The van der Waals surface area contributed by atoms with Crippen LogP contribution in [-0.4, -0.2) is 35.4 Å². The zero-order chi connectivity index (χ0) is 16.0. The minimum atomic E-state index is -1.00. The third-order valence-electron chi connectivity index (χ3n) is 2.33. The number of carboxylic acids is 1. The van der Waals surface area contributed by atoms with E-state index < -0.39 is 23.7 Å². The number of hydrogen-bond donors (Lipinski definition) is 5. The number of carboxylic acid groups (broad SMARTS) is 1. The van der Waals surface area contributed by atoms with Gasteiger partial charge in [-0.2, -0.15) is 0 Å². The van der Waals surface area contributed by atoms with Gasteiger partial charge in [-0.25, -0.2) is 5.43 Å². The van der Waals surface area contributed by atoms with Crippen LogP contribution in [0.3, 0.4) is 0 Å². The summed E-state index contributed by atoms with van der Waals surface area (Å²) in [6.45, 7) is 1.48. The number of amides is 2. The quantitative estimate of drug-likeness (QED) is 0.260. The maximum absolute atomic E-state index is 11.8. The van der Waals surface area contributed by atoms with E-state index in [1.807, 2.05) is 0 Å². The Bertz CT molecular complexity index is 579. The number of nitrogens with zero attached hydrogens (tertiary/aromatic N) is 1. The van der Waals surface area contributed by atoms with Crippen LogP contribution in [0.25, 0.3) is 0 Å². The minimum absolute atomic E-state index is 0.00158. The van der Waals surface area contributed by atoms with Crippen LogP contribution in [0.5, 0.6) is 0 Å². The first kappa shape index (κ1) is 16.4. The molecule has 0 aliphatic heterocycles. The molecule has 0 saturated carbocycles. The van der Waals surface area contributed by atoms with Crippen molar-refractivity contribution in [2.75, 3.05) is 6.54 Å². The van der Waals surface area contributed by atoms with Gasteiger partial charge in [0.05, 0.1) is 15.7 Å². The van der Waals surface area contributed by atoms with Gasteiger partial charge in [-0.05, 0) is 12.1 Å². The number of hydrazone groups is 1. The lowest BCUT2D eigenvalue weighted by Gasteiger charge is -2.06. The highest BCUT2D eigenvalue weighted by atomic mass is 32.1. The summed E-state index contributed by atoms with van der Waals surface area (Å²) < 4.78 is 0. The molecule has 0 spiro atoms. The molecule has 0 fully saturated rings. The molecule has 0 aromatic carbocycles. The standard InChI is InChI=1S/C11H15N5O4S/c1-5(10(19)20)4-14-8(17)6-2-3-7(21-6)9(18)15-16-11(12)13/h2-3,5H,4H2,1H3,(H,14,17)(H,15,18)(H,19,20)(H4,12,13,16). The van der Waals surface area contributed by atoms with Crippen molar-refractivity contribution in [3.8, 4) is 0 Å². The number of carbonyl (C=O) groups is 3. The molecule has 0 aliphatic rings. The zero-order valence-electron chi connectivity index (χ0n) is 11.1. The minimum Gasteiger partial charge on any atom is -0.481 e. The van der Waals surface area contributed by atoms with Gasteiger partial charge in [-0.15, -0.1) is 16.4 Å². The summed E-state index contributed by atoms with van der Waals surface area (Å²) in [5, 5.41) is 14.5. The van der Waals surface area contributed by atoms with Gasteiger partial charge in [0.2, 0.25) is 5.96 Å². The van der Waals surface area contributed by atoms with Gasteiger partial charge in [0.25, 0.3) is 11.8 Å². The lowest BCUT2D eigenvalue weighted by Crippen LogP contribution is -2.31. The van der Waals surface area contributed by atoms with E-state index in [0.29, 0.717) is 0 Å². The Morgan fingerprint density at radius 1 is 1.29 bits per heavy atom. The van der Waals surface area contributed by atoms with Crippen molar-refractivity contribution < 1.29 is 19.5 Å². The van der Waals surface area contributed by atoms with Gasteiger partial charge >= 0.3 is 5.97 Å². The van der Waals surface area contributed by atoms with E-state index >= 15 is 0 Å². The van der Waals surface area contributed by atoms with Crippen molar-refractivity contribution in [2.45, 2.75) is 6.92 Å². The maximum atomic E-state index is 11.8. The molecule has 10 heteroatoms. The van der Waals surface area contributed by atoms with Crippen LogP contribution in [0, 0.1) is 5.92 Å². The van der Waals surface area contributed by atoms with Gasteiger partial charge in [0, 0.05) is 6.54 Å². The molecule has 1 atom stereocenters. The van der Waals surface area contributed by atoms with Crippen molar-refractivity contribution in [3.05, 3.63) is 21.9 Å². The Labute approximate surface area is 124 Å². The molecule has 0 aliphatic carbocycles. The average molecular weight is 313 g/mol. The lowest BCUT2D eigenvalue weighted by molar-refractivity contribution is -0.140. The molecule has 1 aromatic rings. The van der Waals surface area contributed by atoms with Crippen LogP contribution in [-0.2, 0) is 4.79 Å². The van der Waals surface area contributed by atoms with E-state index in [1.54, 1.807) is 0 Å². The predicted octanol–water partition coefficient (Wildman–Crippen LogP) is -0.883. The summed E-state index contributed by atoms with van der Waals surface area (Å²) in [4.78, 5) is 34.6. The summed E-state index contributed by atoms with van der Waals surface area (Å²) >= 11 is 0.938. The molecule has 1 aromatic heterocycles. The van der Waals surface area contributed by atoms with Crippen molar-refractivity contribution in [1.29, 1.82) is 0 Å².